The van der Waals surface area contributed by atoms with Gasteiger partial charge in [0.05, 0.1) is 5.92 Å². The summed E-state index contributed by atoms with van der Waals surface area (Å²) in [6.07, 6.45) is -1.25. The van der Waals surface area contributed by atoms with Crippen LogP contribution in [0.3, 0.4) is 0 Å². The molecule has 1 amide bonds. The van der Waals surface area contributed by atoms with Crippen molar-refractivity contribution in [2.45, 2.75) is 58.7 Å². The molecule has 1 saturated carbocycles. The zero-order valence-corrected chi connectivity index (χ0v) is 18.9. The molecule has 4 rings (SSSR count). The largest absolute Gasteiger partial charge is 0.393 e. The molecule has 1 aliphatic heterocycles. The van der Waals surface area contributed by atoms with Gasteiger partial charge in [0.25, 0.3) is 0 Å². The Labute approximate surface area is 191 Å². The number of aromatic nitrogens is 1. The number of alkyl halides is 3. The smallest absolute Gasteiger partial charge is 0.371 e. The van der Waals surface area contributed by atoms with Gasteiger partial charge in [-0.25, -0.2) is 4.39 Å². The number of carbonyl (C=O) groups is 1. The summed E-state index contributed by atoms with van der Waals surface area (Å²) in [7, 11) is 0. The van der Waals surface area contributed by atoms with Crippen LogP contribution in [0.25, 0.3) is 11.1 Å². The SMILES string of the molecule is Cc1cc(-c2c(F)cc(N3CCCC(C(F)(F)F)C3)cc2CNC(=O)CC2CC2)cc(C)n1. The summed E-state index contributed by atoms with van der Waals surface area (Å²) in [4.78, 5) is 18.2. The molecule has 1 N–H and O–H groups in total. The summed E-state index contributed by atoms with van der Waals surface area (Å²) in [5.74, 6) is -1.61. The lowest BCUT2D eigenvalue weighted by Gasteiger charge is -2.35. The predicted molar refractivity (Wildman–Crippen MR) is 119 cm³/mol. The second-order valence-corrected chi connectivity index (χ2v) is 9.35. The van der Waals surface area contributed by atoms with E-state index < -0.39 is 17.9 Å². The molecule has 1 aromatic heterocycles. The number of nitrogens with one attached hydrogen (secondary N) is 1. The first-order valence-electron chi connectivity index (χ1n) is 11.5. The number of aryl methyl sites for hydroxylation is 2. The molecule has 0 bridgehead atoms. The van der Waals surface area contributed by atoms with Crippen molar-refractivity contribution in [3.05, 3.63) is 47.0 Å². The van der Waals surface area contributed by atoms with Gasteiger partial charge in [-0.1, -0.05) is 0 Å². The lowest BCUT2D eigenvalue weighted by molar-refractivity contribution is -0.176. The summed E-state index contributed by atoms with van der Waals surface area (Å²) < 4.78 is 55.5. The fourth-order valence-electron chi connectivity index (χ4n) is 4.60. The summed E-state index contributed by atoms with van der Waals surface area (Å²) >= 11 is 0. The molecule has 1 unspecified atom stereocenters. The van der Waals surface area contributed by atoms with Crippen molar-refractivity contribution in [3.8, 4) is 11.1 Å². The van der Waals surface area contributed by atoms with Crippen molar-refractivity contribution in [1.82, 2.24) is 10.3 Å². The van der Waals surface area contributed by atoms with Crippen molar-refractivity contribution in [1.29, 1.82) is 0 Å². The average molecular weight is 464 g/mol. The van der Waals surface area contributed by atoms with Crippen LogP contribution in [0, 0.1) is 31.5 Å². The van der Waals surface area contributed by atoms with E-state index >= 15 is 4.39 Å². The van der Waals surface area contributed by atoms with Crippen LogP contribution in [0.5, 0.6) is 0 Å². The zero-order valence-electron chi connectivity index (χ0n) is 18.9. The Kier molecular flexibility index (Phi) is 6.64. The van der Waals surface area contributed by atoms with Gasteiger partial charge in [-0.15, -0.1) is 0 Å². The van der Waals surface area contributed by atoms with Crippen molar-refractivity contribution in [2.24, 2.45) is 11.8 Å². The summed E-state index contributed by atoms with van der Waals surface area (Å²) in [6, 6.07) is 6.59. The number of hydrogen-bond acceptors (Lipinski definition) is 3. The van der Waals surface area contributed by atoms with Gasteiger partial charge in [-0.05, 0) is 80.8 Å². The minimum absolute atomic E-state index is 0.0835. The van der Waals surface area contributed by atoms with Gasteiger partial charge in [0.2, 0.25) is 5.91 Å². The maximum atomic E-state index is 15.5. The average Bonchev–Trinajstić information content (AvgIpc) is 3.54. The van der Waals surface area contributed by atoms with Gasteiger partial charge >= 0.3 is 6.18 Å². The standard InChI is InChI=1S/C25H29F4N3O/c1-15-8-18(9-16(2)31-15)24-19(13-30-23(33)10-17-5-6-17)11-21(12-22(24)26)32-7-3-4-20(14-32)25(27,28)29/h8-9,11-12,17,20H,3-7,10,13-14H2,1-2H3,(H,30,33). The van der Waals surface area contributed by atoms with Gasteiger partial charge in [-0.3, -0.25) is 9.78 Å². The third kappa shape index (κ3) is 5.84. The molecule has 4 nitrogen and oxygen atoms in total. The van der Waals surface area contributed by atoms with Gasteiger partial charge in [0, 0.05) is 48.7 Å². The van der Waals surface area contributed by atoms with E-state index in [1.807, 2.05) is 13.8 Å². The first-order valence-corrected chi connectivity index (χ1v) is 11.5. The van der Waals surface area contributed by atoms with Crippen LogP contribution in [-0.2, 0) is 11.3 Å². The number of halogens is 4. The number of carbonyl (C=O) groups excluding carboxylic acids is 1. The van der Waals surface area contributed by atoms with E-state index in [1.165, 1.54) is 6.07 Å². The van der Waals surface area contributed by atoms with Gasteiger partial charge < -0.3 is 10.2 Å². The number of anilines is 1. The van der Waals surface area contributed by atoms with E-state index in [9.17, 15) is 18.0 Å². The van der Waals surface area contributed by atoms with Crippen molar-refractivity contribution < 1.29 is 22.4 Å². The third-order valence-corrected chi connectivity index (χ3v) is 6.42. The summed E-state index contributed by atoms with van der Waals surface area (Å²) in [5, 5.41) is 2.88. The van der Waals surface area contributed by atoms with Gasteiger partial charge in [0.15, 0.2) is 0 Å². The Morgan fingerprint density at radius 3 is 2.45 bits per heavy atom. The topological polar surface area (TPSA) is 45.2 Å². The molecule has 2 aromatic rings. The lowest BCUT2D eigenvalue weighted by atomic mass is 9.94. The second-order valence-electron chi connectivity index (χ2n) is 9.35. The van der Waals surface area contributed by atoms with E-state index in [4.69, 9.17) is 0 Å². The monoisotopic (exact) mass is 463 g/mol. The molecule has 1 saturated heterocycles. The molecule has 33 heavy (non-hydrogen) atoms. The van der Waals surface area contributed by atoms with E-state index in [0.717, 1.165) is 24.2 Å². The van der Waals surface area contributed by atoms with E-state index in [2.05, 4.69) is 10.3 Å². The number of benzene rings is 1. The Morgan fingerprint density at radius 1 is 1.12 bits per heavy atom. The highest BCUT2D eigenvalue weighted by molar-refractivity contribution is 5.78. The number of piperidine rings is 1. The fourth-order valence-corrected chi connectivity index (χ4v) is 4.60. The molecule has 0 spiro atoms. The summed E-state index contributed by atoms with van der Waals surface area (Å²) in [5.41, 5.74) is 3.43. The van der Waals surface area contributed by atoms with E-state index in [0.29, 0.717) is 47.7 Å². The second kappa shape index (κ2) is 9.31. The first kappa shape index (κ1) is 23.5. The molecule has 2 heterocycles. The predicted octanol–water partition coefficient (Wildman–Crippen LogP) is 5.70. The van der Waals surface area contributed by atoms with Crippen molar-refractivity contribution in [3.63, 3.8) is 0 Å². The van der Waals surface area contributed by atoms with Crippen LogP contribution in [0.4, 0.5) is 23.2 Å². The molecule has 8 heteroatoms. The molecular weight excluding hydrogens is 434 g/mol. The number of pyridine rings is 1. The highest BCUT2D eigenvalue weighted by atomic mass is 19.4. The Hall–Kier alpha value is -2.64. The number of amides is 1. The van der Waals surface area contributed by atoms with Gasteiger partial charge in [-0.2, -0.15) is 13.2 Å². The fraction of sp³-hybridized carbons (Fsp3) is 0.520. The first-order chi connectivity index (χ1) is 15.6. The molecule has 2 aliphatic rings. The Balaban J connectivity index is 1.67. The van der Waals surface area contributed by atoms with Crippen LogP contribution < -0.4 is 10.2 Å². The maximum absolute atomic E-state index is 15.5. The lowest BCUT2D eigenvalue weighted by Crippen LogP contribution is -2.41. The van der Waals surface area contributed by atoms with Crippen LogP contribution in [-0.4, -0.2) is 30.2 Å². The minimum atomic E-state index is -4.27. The van der Waals surface area contributed by atoms with E-state index in [1.54, 1.807) is 23.1 Å². The number of nitrogens with zero attached hydrogens (tertiary/aromatic N) is 2. The number of rotatable bonds is 6. The van der Waals surface area contributed by atoms with Crippen LogP contribution in [0.1, 0.15) is 49.1 Å². The normalized spacial score (nSPS) is 19.0. The molecule has 2 fully saturated rings. The third-order valence-electron chi connectivity index (χ3n) is 6.42. The molecule has 0 radical (unpaired) electrons. The maximum Gasteiger partial charge on any atom is 0.393 e. The van der Waals surface area contributed by atoms with E-state index in [-0.39, 0.29) is 25.4 Å². The minimum Gasteiger partial charge on any atom is -0.371 e. The summed E-state index contributed by atoms with van der Waals surface area (Å²) in [6.45, 7) is 4.01. The van der Waals surface area contributed by atoms with Crippen molar-refractivity contribution >= 4 is 11.6 Å². The quantitative estimate of drug-likeness (QED) is 0.559. The molecular formula is C25H29F4N3O. The highest BCUT2D eigenvalue weighted by Gasteiger charge is 2.42. The van der Waals surface area contributed by atoms with Crippen LogP contribution in [0.15, 0.2) is 24.3 Å². The Bertz CT molecular complexity index is 1010. The number of hydrogen-bond donors (Lipinski definition) is 1. The van der Waals surface area contributed by atoms with Gasteiger partial charge in [0.1, 0.15) is 5.82 Å². The molecule has 1 aromatic carbocycles. The highest BCUT2D eigenvalue weighted by Crippen LogP contribution is 2.37. The Morgan fingerprint density at radius 2 is 1.82 bits per heavy atom. The van der Waals surface area contributed by atoms with Crippen LogP contribution in [0.2, 0.25) is 0 Å². The molecule has 1 atom stereocenters. The zero-order chi connectivity index (χ0) is 23.8. The molecule has 1 aliphatic carbocycles. The van der Waals surface area contributed by atoms with Crippen molar-refractivity contribution in [2.75, 3.05) is 18.0 Å². The molecule has 178 valence electrons. The van der Waals surface area contributed by atoms with Crippen LogP contribution >= 0.6 is 0 Å².